The van der Waals surface area contributed by atoms with E-state index in [1.165, 1.54) is 22.6 Å². The van der Waals surface area contributed by atoms with E-state index in [2.05, 4.69) is 34.5 Å². The normalized spacial score (nSPS) is 13.1. The fourth-order valence-electron chi connectivity index (χ4n) is 3.28. The van der Waals surface area contributed by atoms with Crippen LogP contribution in [0.3, 0.4) is 0 Å². The van der Waals surface area contributed by atoms with Crippen LogP contribution in [0.25, 0.3) is 0 Å². The minimum atomic E-state index is -3.31. The maximum absolute atomic E-state index is 12.0. The SMILES string of the molecule is CN(c1ccc(OCC(=O)NCCCN2CCc3ccccc32)cc1)S(C)(=O)=O. The molecule has 1 aliphatic heterocycles. The van der Waals surface area contributed by atoms with Crippen LogP contribution in [0.4, 0.5) is 11.4 Å². The number of sulfonamides is 1. The third kappa shape index (κ3) is 5.63. The van der Waals surface area contributed by atoms with Crippen LogP contribution in [0.1, 0.15) is 12.0 Å². The highest BCUT2D eigenvalue weighted by Gasteiger charge is 2.17. The van der Waals surface area contributed by atoms with E-state index in [0.717, 1.165) is 32.2 Å². The monoisotopic (exact) mass is 417 g/mol. The highest BCUT2D eigenvalue weighted by Crippen LogP contribution is 2.27. The maximum Gasteiger partial charge on any atom is 0.257 e. The van der Waals surface area contributed by atoms with Gasteiger partial charge in [-0.3, -0.25) is 9.10 Å². The van der Waals surface area contributed by atoms with Gasteiger partial charge in [0.2, 0.25) is 10.0 Å². The summed E-state index contributed by atoms with van der Waals surface area (Å²) in [7, 11) is -1.82. The Hall–Kier alpha value is -2.74. The molecule has 0 spiro atoms. The fourth-order valence-corrected chi connectivity index (χ4v) is 3.78. The number of anilines is 2. The number of carbonyl (C=O) groups is 1. The number of fused-ring (bicyclic) bond motifs is 1. The molecule has 2 aromatic rings. The number of carbonyl (C=O) groups excluding carboxylic acids is 1. The average molecular weight is 418 g/mol. The molecule has 0 fully saturated rings. The third-order valence-electron chi connectivity index (χ3n) is 4.98. The molecule has 29 heavy (non-hydrogen) atoms. The summed E-state index contributed by atoms with van der Waals surface area (Å²) in [6.45, 7) is 2.46. The van der Waals surface area contributed by atoms with Crippen LogP contribution >= 0.6 is 0 Å². The highest BCUT2D eigenvalue weighted by molar-refractivity contribution is 7.92. The van der Waals surface area contributed by atoms with Crippen molar-refractivity contribution in [3.8, 4) is 5.75 Å². The molecule has 2 aromatic carbocycles. The molecule has 0 saturated carbocycles. The first-order valence-electron chi connectivity index (χ1n) is 9.61. The van der Waals surface area contributed by atoms with Crippen molar-refractivity contribution in [2.45, 2.75) is 12.8 Å². The Morgan fingerprint density at radius 1 is 1.17 bits per heavy atom. The number of ether oxygens (including phenoxy) is 1. The van der Waals surface area contributed by atoms with Crippen LogP contribution in [0.2, 0.25) is 0 Å². The zero-order valence-corrected chi connectivity index (χ0v) is 17.6. The van der Waals surface area contributed by atoms with Gasteiger partial charge in [0.1, 0.15) is 5.75 Å². The van der Waals surface area contributed by atoms with Gasteiger partial charge in [-0.05, 0) is 48.7 Å². The van der Waals surface area contributed by atoms with Crippen molar-refractivity contribution in [1.29, 1.82) is 0 Å². The topological polar surface area (TPSA) is 79.0 Å². The zero-order valence-electron chi connectivity index (χ0n) is 16.8. The molecule has 1 heterocycles. The second-order valence-corrected chi connectivity index (χ2v) is 9.10. The Kier molecular flexibility index (Phi) is 6.64. The van der Waals surface area contributed by atoms with Gasteiger partial charge in [0, 0.05) is 32.4 Å². The van der Waals surface area contributed by atoms with E-state index in [-0.39, 0.29) is 12.5 Å². The summed E-state index contributed by atoms with van der Waals surface area (Å²) in [4.78, 5) is 14.3. The Balaban J connectivity index is 1.36. The number of amides is 1. The van der Waals surface area contributed by atoms with Crippen LogP contribution in [0, 0.1) is 0 Å². The lowest BCUT2D eigenvalue weighted by atomic mass is 10.2. The zero-order chi connectivity index (χ0) is 20.9. The van der Waals surface area contributed by atoms with Crippen LogP contribution in [-0.2, 0) is 21.2 Å². The fraction of sp³-hybridized carbons (Fsp3) is 0.381. The van der Waals surface area contributed by atoms with Gasteiger partial charge < -0.3 is 15.0 Å². The van der Waals surface area contributed by atoms with Crippen molar-refractivity contribution in [3.63, 3.8) is 0 Å². The molecule has 0 unspecified atom stereocenters. The second-order valence-electron chi connectivity index (χ2n) is 7.08. The van der Waals surface area contributed by atoms with Crippen LogP contribution < -0.4 is 19.3 Å². The molecule has 0 aromatic heterocycles. The Morgan fingerprint density at radius 2 is 1.90 bits per heavy atom. The molecule has 0 aliphatic carbocycles. The summed E-state index contributed by atoms with van der Waals surface area (Å²) in [6.07, 6.45) is 3.09. The molecule has 0 saturated heterocycles. The molecular formula is C21H27N3O4S. The molecule has 0 atom stereocenters. The van der Waals surface area contributed by atoms with Crippen molar-refractivity contribution < 1.29 is 17.9 Å². The summed E-state index contributed by atoms with van der Waals surface area (Å²) in [5, 5.41) is 2.87. The minimum Gasteiger partial charge on any atom is -0.484 e. The summed E-state index contributed by atoms with van der Waals surface area (Å²) in [5.41, 5.74) is 3.22. The van der Waals surface area contributed by atoms with E-state index >= 15 is 0 Å². The molecule has 156 valence electrons. The number of nitrogens with one attached hydrogen (secondary N) is 1. The van der Waals surface area contributed by atoms with E-state index in [1.54, 1.807) is 24.3 Å². The van der Waals surface area contributed by atoms with E-state index in [9.17, 15) is 13.2 Å². The first kappa shape index (κ1) is 21.0. The van der Waals surface area contributed by atoms with Gasteiger partial charge >= 0.3 is 0 Å². The van der Waals surface area contributed by atoms with Crippen molar-refractivity contribution in [3.05, 3.63) is 54.1 Å². The molecular weight excluding hydrogens is 390 g/mol. The van der Waals surface area contributed by atoms with Gasteiger partial charge in [0.05, 0.1) is 11.9 Å². The summed E-state index contributed by atoms with van der Waals surface area (Å²) >= 11 is 0. The first-order valence-corrected chi connectivity index (χ1v) is 11.5. The van der Waals surface area contributed by atoms with Gasteiger partial charge in [-0.25, -0.2) is 8.42 Å². The van der Waals surface area contributed by atoms with Crippen molar-refractivity contribution >= 4 is 27.3 Å². The molecule has 8 heteroatoms. The Labute approximate surface area is 172 Å². The van der Waals surface area contributed by atoms with E-state index in [4.69, 9.17) is 4.74 Å². The lowest BCUT2D eigenvalue weighted by Crippen LogP contribution is -2.32. The molecule has 1 aliphatic rings. The van der Waals surface area contributed by atoms with Crippen LogP contribution in [-0.4, -0.2) is 53.9 Å². The molecule has 7 nitrogen and oxygen atoms in total. The number of benzene rings is 2. The molecule has 0 radical (unpaired) electrons. The number of hydrogen-bond donors (Lipinski definition) is 1. The molecule has 0 bridgehead atoms. The lowest BCUT2D eigenvalue weighted by Gasteiger charge is -2.19. The summed E-state index contributed by atoms with van der Waals surface area (Å²) in [6, 6.07) is 15.0. The number of rotatable bonds is 9. The smallest absolute Gasteiger partial charge is 0.257 e. The molecule has 1 amide bonds. The van der Waals surface area contributed by atoms with Gasteiger partial charge in [-0.1, -0.05) is 18.2 Å². The number of para-hydroxylation sites is 1. The number of nitrogens with zero attached hydrogens (tertiary/aromatic N) is 2. The van der Waals surface area contributed by atoms with Crippen molar-refractivity contribution in [2.24, 2.45) is 0 Å². The Morgan fingerprint density at radius 3 is 2.62 bits per heavy atom. The molecule has 1 N–H and O–H groups in total. The predicted octanol–water partition coefficient (Wildman–Crippen LogP) is 2.03. The van der Waals surface area contributed by atoms with Gasteiger partial charge in [0.25, 0.3) is 5.91 Å². The third-order valence-corrected chi connectivity index (χ3v) is 6.18. The van der Waals surface area contributed by atoms with Crippen LogP contribution in [0.5, 0.6) is 5.75 Å². The van der Waals surface area contributed by atoms with E-state index < -0.39 is 10.0 Å². The van der Waals surface area contributed by atoms with Crippen molar-refractivity contribution in [1.82, 2.24) is 5.32 Å². The predicted molar refractivity (Wildman–Crippen MR) is 115 cm³/mol. The largest absolute Gasteiger partial charge is 0.484 e. The Bertz CT molecular complexity index is 945. The lowest BCUT2D eigenvalue weighted by molar-refractivity contribution is -0.123. The first-order chi connectivity index (χ1) is 13.8. The molecule has 3 rings (SSSR count). The van der Waals surface area contributed by atoms with E-state index in [0.29, 0.717) is 18.0 Å². The van der Waals surface area contributed by atoms with Gasteiger partial charge in [-0.15, -0.1) is 0 Å². The second kappa shape index (κ2) is 9.17. The quantitative estimate of drug-likeness (QED) is 0.632. The minimum absolute atomic E-state index is 0.0756. The average Bonchev–Trinajstić information content (AvgIpc) is 3.12. The summed E-state index contributed by atoms with van der Waals surface area (Å²) in [5.74, 6) is 0.337. The number of hydrogen-bond acceptors (Lipinski definition) is 5. The van der Waals surface area contributed by atoms with Crippen LogP contribution in [0.15, 0.2) is 48.5 Å². The van der Waals surface area contributed by atoms with E-state index in [1.807, 2.05) is 0 Å². The summed E-state index contributed by atoms with van der Waals surface area (Å²) < 4.78 is 29.7. The highest BCUT2D eigenvalue weighted by atomic mass is 32.2. The maximum atomic E-state index is 12.0. The van der Waals surface area contributed by atoms with Crippen molar-refractivity contribution in [2.75, 3.05) is 48.7 Å². The van der Waals surface area contributed by atoms with Gasteiger partial charge in [-0.2, -0.15) is 0 Å². The van der Waals surface area contributed by atoms with Gasteiger partial charge in [0.15, 0.2) is 6.61 Å². The standard InChI is InChI=1S/C21H27N3O4S/c1-23(29(2,26)27)18-8-10-19(11-9-18)28-16-21(25)22-13-5-14-24-15-12-17-6-3-4-7-20(17)24/h3-4,6-11H,5,12-16H2,1-2H3,(H,22,25).